The zero-order valence-electron chi connectivity index (χ0n) is 21.1. The van der Waals surface area contributed by atoms with Crippen molar-refractivity contribution in [1.29, 1.82) is 0 Å². The van der Waals surface area contributed by atoms with Crippen molar-refractivity contribution < 1.29 is 14.3 Å². The van der Waals surface area contributed by atoms with Gasteiger partial charge in [0.15, 0.2) is 23.1 Å². The number of ether oxygens (including phenoxy) is 2. The number of para-hydroxylation sites is 2. The lowest BCUT2D eigenvalue weighted by atomic mass is 9.83. The number of carbonyl (C=O) groups excluding carboxylic acids is 1. The normalized spacial score (nSPS) is 20.7. The fraction of sp³-hybridized carbons (Fsp3) is 0.448. The fourth-order valence-corrected chi connectivity index (χ4v) is 4.77. The van der Waals surface area contributed by atoms with E-state index in [4.69, 9.17) is 14.5 Å². The van der Waals surface area contributed by atoms with Gasteiger partial charge in [-0.3, -0.25) is 4.79 Å². The van der Waals surface area contributed by atoms with Gasteiger partial charge < -0.3 is 14.8 Å². The van der Waals surface area contributed by atoms with Crippen LogP contribution in [0.2, 0.25) is 0 Å². The van der Waals surface area contributed by atoms with E-state index >= 15 is 0 Å². The van der Waals surface area contributed by atoms with Crippen LogP contribution in [0, 0.1) is 23.7 Å². The molecule has 1 aromatic heterocycles. The number of benzene rings is 1. The maximum Gasteiger partial charge on any atom is 0.162 e. The van der Waals surface area contributed by atoms with Crippen molar-refractivity contribution in [3.63, 3.8) is 0 Å². The Kier molecular flexibility index (Phi) is 8.72. The molecule has 0 saturated heterocycles. The van der Waals surface area contributed by atoms with Gasteiger partial charge in [-0.2, -0.15) is 0 Å². The van der Waals surface area contributed by atoms with Crippen LogP contribution >= 0.6 is 0 Å². The molecule has 0 radical (unpaired) electrons. The van der Waals surface area contributed by atoms with Crippen LogP contribution in [0.5, 0.6) is 11.5 Å². The molecule has 7 nitrogen and oxygen atoms in total. The van der Waals surface area contributed by atoms with E-state index in [1.807, 2.05) is 24.3 Å². The Morgan fingerprint density at radius 2 is 1.97 bits per heavy atom. The summed E-state index contributed by atoms with van der Waals surface area (Å²) < 4.78 is 11.1. The molecule has 1 aliphatic carbocycles. The highest BCUT2D eigenvalue weighted by molar-refractivity contribution is 6.05. The quantitative estimate of drug-likeness (QED) is 0.380. The molecule has 7 heteroatoms. The molecule has 1 N–H and O–H groups in total. The molecule has 1 saturated carbocycles. The second-order valence-corrected chi connectivity index (χ2v) is 9.43. The lowest BCUT2D eigenvalue weighted by Gasteiger charge is -2.30. The van der Waals surface area contributed by atoms with Crippen molar-refractivity contribution in [2.24, 2.45) is 16.8 Å². The number of fused-ring (bicyclic) bond motifs is 1. The van der Waals surface area contributed by atoms with Gasteiger partial charge in [0.1, 0.15) is 18.6 Å². The molecular formula is C29H34N4O3. The van der Waals surface area contributed by atoms with Crippen molar-refractivity contribution in [3.8, 4) is 23.3 Å². The zero-order chi connectivity index (χ0) is 25.3. The predicted octanol–water partition coefficient (Wildman–Crippen LogP) is 5.34. The second-order valence-electron chi connectivity index (χ2n) is 9.43. The minimum Gasteiger partial charge on any atom is -0.493 e. The summed E-state index contributed by atoms with van der Waals surface area (Å²) in [6.45, 7) is 5.93. The lowest BCUT2D eigenvalue weighted by Crippen LogP contribution is -2.27. The van der Waals surface area contributed by atoms with E-state index in [1.165, 1.54) is 6.08 Å². The number of nitrogens with zero attached hydrogens (tertiary/aromatic N) is 3. The second kappa shape index (κ2) is 12.3. The summed E-state index contributed by atoms with van der Waals surface area (Å²) in [6, 6.07) is 7.87. The first kappa shape index (κ1) is 25.4. The Hall–Kier alpha value is -3.66. The van der Waals surface area contributed by atoms with E-state index in [1.54, 1.807) is 13.4 Å². The molecule has 1 fully saturated rings. The van der Waals surface area contributed by atoms with Crippen molar-refractivity contribution in [2.75, 3.05) is 19.0 Å². The summed E-state index contributed by atoms with van der Waals surface area (Å²) in [7, 11) is 1.62. The van der Waals surface area contributed by atoms with Crippen LogP contribution in [-0.2, 0) is 11.2 Å². The number of hydrogen-bond donors (Lipinski definition) is 1. The Balaban J connectivity index is 1.38. The van der Waals surface area contributed by atoms with Crippen LogP contribution in [0.1, 0.15) is 51.1 Å². The molecule has 0 amide bonds. The minimum absolute atomic E-state index is 0.139. The predicted molar refractivity (Wildman–Crippen MR) is 142 cm³/mol. The van der Waals surface area contributed by atoms with Crippen molar-refractivity contribution in [2.45, 2.75) is 57.9 Å². The monoisotopic (exact) mass is 486 g/mol. The summed E-state index contributed by atoms with van der Waals surface area (Å²) in [6.07, 6.45) is 9.70. The van der Waals surface area contributed by atoms with Crippen LogP contribution in [-0.4, -0.2) is 41.2 Å². The van der Waals surface area contributed by atoms with Gasteiger partial charge in [0.05, 0.1) is 18.5 Å². The first-order valence-corrected chi connectivity index (χ1v) is 12.7. The minimum atomic E-state index is 0.139. The third-order valence-corrected chi connectivity index (χ3v) is 6.90. The molecule has 1 aliphatic heterocycles. The van der Waals surface area contributed by atoms with Crippen LogP contribution in [0.15, 0.2) is 48.2 Å². The van der Waals surface area contributed by atoms with Gasteiger partial charge in [0.25, 0.3) is 0 Å². The van der Waals surface area contributed by atoms with E-state index in [9.17, 15) is 4.79 Å². The molecule has 2 aromatic rings. The van der Waals surface area contributed by atoms with Gasteiger partial charge in [-0.05, 0) is 62.2 Å². The Bertz CT molecular complexity index is 1170. The number of rotatable bonds is 9. The van der Waals surface area contributed by atoms with E-state index in [2.05, 4.69) is 40.6 Å². The molecule has 2 heterocycles. The van der Waals surface area contributed by atoms with Crippen LogP contribution < -0.4 is 14.8 Å². The summed E-state index contributed by atoms with van der Waals surface area (Å²) >= 11 is 0. The van der Waals surface area contributed by atoms with E-state index < -0.39 is 0 Å². The highest BCUT2D eigenvalue weighted by Gasteiger charge is 2.26. The lowest BCUT2D eigenvalue weighted by molar-refractivity contribution is -0.114. The summed E-state index contributed by atoms with van der Waals surface area (Å²) in [5.74, 6) is 9.34. The Labute approximate surface area is 213 Å². The number of hydrogen-bond acceptors (Lipinski definition) is 7. The Morgan fingerprint density at radius 1 is 1.19 bits per heavy atom. The average molecular weight is 487 g/mol. The molecule has 0 spiro atoms. The molecule has 0 bridgehead atoms. The van der Waals surface area contributed by atoms with Gasteiger partial charge in [-0.25, -0.2) is 15.0 Å². The van der Waals surface area contributed by atoms with Crippen LogP contribution in [0.4, 0.5) is 11.5 Å². The van der Waals surface area contributed by atoms with Crippen LogP contribution in [0.3, 0.4) is 0 Å². The maximum atomic E-state index is 11.5. The molecule has 4 rings (SSSR count). The standard InChI is InChI=1S/C29H34N4O3/c1-4-23(34)16-13-21-11-14-22(15-12-21)32-29-28-25(30-19-31-29)18-20(2)24(33-28)8-7-17-36-27-10-6-5-9-26(27)35-3/h4-6,9-10,19-22H,1,11-18H2,2-3H3,(H,30,31,32). The number of carbonyl (C=O) groups is 1. The van der Waals surface area contributed by atoms with Gasteiger partial charge in [0.2, 0.25) is 0 Å². The van der Waals surface area contributed by atoms with Gasteiger partial charge in [0, 0.05) is 24.8 Å². The number of ketones is 1. The van der Waals surface area contributed by atoms with E-state index in [-0.39, 0.29) is 18.3 Å². The van der Waals surface area contributed by atoms with Crippen molar-refractivity contribution in [1.82, 2.24) is 9.97 Å². The number of methoxy groups -OCH3 is 1. The summed E-state index contributed by atoms with van der Waals surface area (Å²) in [5, 5.41) is 3.61. The average Bonchev–Trinajstić information content (AvgIpc) is 2.91. The molecule has 1 aromatic carbocycles. The topological polar surface area (TPSA) is 85.7 Å². The molecule has 1 unspecified atom stereocenters. The Morgan fingerprint density at radius 3 is 2.72 bits per heavy atom. The fourth-order valence-electron chi connectivity index (χ4n) is 4.77. The number of nitrogens with one attached hydrogen (secondary N) is 1. The van der Waals surface area contributed by atoms with Gasteiger partial charge in [-0.1, -0.05) is 31.6 Å². The third kappa shape index (κ3) is 6.51. The number of aromatic nitrogens is 2. The number of aliphatic imine (C=N–C) groups is 1. The number of anilines is 1. The SMILES string of the molecule is C=CC(=O)CCC1CCC(Nc2ncnc3c2N=C(C#CCOc2ccccc2OC)C(C)C3)CC1. The zero-order valence-corrected chi connectivity index (χ0v) is 21.1. The smallest absolute Gasteiger partial charge is 0.162 e. The molecule has 1 atom stereocenters. The summed E-state index contributed by atoms with van der Waals surface area (Å²) in [4.78, 5) is 25.4. The van der Waals surface area contributed by atoms with Crippen molar-refractivity contribution >= 4 is 23.0 Å². The maximum absolute atomic E-state index is 11.5. The van der Waals surface area contributed by atoms with Crippen molar-refractivity contribution in [3.05, 3.63) is 48.9 Å². The summed E-state index contributed by atoms with van der Waals surface area (Å²) in [5.41, 5.74) is 2.57. The van der Waals surface area contributed by atoms with Gasteiger partial charge >= 0.3 is 0 Å². The highest BCUT2D eigenvalue weighted by atomic mass is 16.5. The van der Waals surface area contributed by atoms with Gasteiger partial charge in [-0.15, -0.1) is 0 Å². The first-order chi connectivity index (χ1) is 17.6. The van der Waals surface area contributed by atoms with E-state index in [0.717, 1.165) is 61.4 Å². The first-order valence-electron chi connectivity index (χ1n) is 12.7. The molecule has 2 aliphatic rings. The molecule has 36 heavy (non-hydrogen) atoms. The van der Waals surface area contributed by atoms with E-state index in [0.29, 0.717) is 29.9 Å². The van der Waals surface area contributed by atoms with Crippen LogP contribution in [0.25, 0.3) is 0 Å². The highest BCUT2D eigenvalue weighted by Crippen LogP contribution is 2.35. The number of allylic oxidation sites excluding steroid dienone is 1. The largest absolute Gasteiger partial charge is 0.493 e. The molecule has 188 valence electrons. The third-order valence-electron chi connectivity index (χ3n) is 6.90. The molecular weight excluding hydrogens is 452 g/mol.